The first-order valence-corrected chi connectivity index (χ1v) is 10.5. The molecule has 7 heteroatoms. The molecule has 0 saturated heterocycles. The van der Waals surface area contributed by atoms with Crippen molar-refractivity contribution in [2.45, 2.75) is 17.1 Å². The Morgan fingerprint density at radius 2 is 1.81 bits per heavy atom. The third-order valence-electron chi connectivity index (χ3n) is 6.19. The molecule has 2 heterocycles. The third-order valence-corrected chi connectivity index (χ3v) is 6.72. The Kier molecular flexibility index (Phi) is 4.50. The van der Waals surface area contributed by atoms with Gasteiger partial charge in [0.2, 0.25) is 11.4 Å². The van der Waals surface area contributed by atoms with Gasteiger partial charge in [-0.1, -0.05) is 58.4 Å². The average molecular weight is 480 g/mol. The second-order valence-corrected chi connectivity index (χ2v) is 8.60. The molecule has 1 aliphatic heterocycles. The Hall–Kier alpha value is -3.03. The van der Waals surface area contributed by atoms with Gasteiger partial charge in [-0.05, 0) is 29.8 Å². The van der Waals surface area contributed by atoms with Gasteiger partial charge in [-0.2, -0.15) is 0 Å². The van der Waals surface area contributed by atoms with Gasteiger partial charge in [-0.25, -0.2) is 0 Å². The van der Waals surface area contributed by atoms with E-state index in [4.69, 9.17) is 9.47 Å². The van der Waals surface area contributed by atoms with Crippen LogP contribution in [-0.2, 0) is 25.5 Å². The highest BCUT2D eigenvalue weighted by Crippen LogP contribution is 2.64. The lowest BCUT2D eigenvalue weighted by atomic mass is 9.75. The van der Waals surface area contributed by atoms with Crippen molar-refractivity contribution in [3.63, 3.8) is 0 Å². The number of rotatable bonds is 3. The maximum atomic E-state index is 14.1. The number of hydrogen-bond donors (Lipinski definition) is 1. The molecule has 2 aromatic carbocycles. The highest BCUT2D eigenvalue weighted by molar-refractivity contribution is 9.10. The van der Waals surface area contributed by atoms with Gasteiger partial charge in [0.25, 0.3) is 0 Å². The van der Waals surface area contributed by atoms with E-state index in [1.165, 1.54) is 13.3 Å². The zero-order valence-corrected chi connectivity index (χ0v) is 18.1. The van der Waals surface area contributed by atoms with E-state index in [0.717, 1.165) is 4.47 Å². The number of ketones is 1. The van der Waals surface area contributed by atoms with E-state index in [9.17, 15) is 14.7 Å². The summed E-state index contributed by atoms with van der Waals surface area (Å²) in [7, 11) is 1.24. The molecule has 1 saturated carbocycles. The number of hydrogen-bond acceptors (Lipinski definition) is 6. The number of benzene rings is 2. The summed E-state index contributed by atoms with van der Waals surface area (Å²) in [5.41, 5.74) is -2.59. The Morgan fingerprint density at radius 3 is 2.48 bits per heavy atom. The number of fused-ring (bicyclic) bond motifs is 4. The molecule has 2 bridgehead atoms. The van der Waals surface area contributed by atoms with E-state index in [0.29, 0.717) is 11.1 Å². The van der Waals surface area contributed by atoms with Crippen LogP contribution in [0.15, 0.2) is 77.4 Å². The number of esters is 1. The number of pyridine rings is 1. The number of halogens is 1. The molecule has 156 valence electrons. The molecule has 1 N–H and O–H groups in total. The maximum Gasteiger partial charge on any atom is 0.313 e. The van der Waals surface area contributed by atoms with E-state index in [1.54, 1.807) is 36.4 Å². The van der Waals surface area contributed by atoms with Crippen LogP contribution in [0.2, 0.25) is 0 Å². The first-order valence-electron chi connectivity index (χ1n) is 9.75. The van der Waals surface area contributed by atoms with E-state index in [-0.39, 0.29) is 11.4 Å². The van der Waals surface area contributed by atoms with Gasteiger partial charge in [0.15, 0.2) is 5.60 Å². The van der Waals surface area contributed by atoms with Crippen LogP contribution in [0.4, 0.5) is 0 Å². The van der Waals surface area contributed by atoms with Crippen LogP contribution in [0.1, 0.15) is 22.7 Å². The van der Waals surface area contributed by atoms with Crippen molar-refractivity contribution in [1.82, 2.24) is 4.98 Å². The Bertz CT molecular complexity index is 1180. The zero-order valence-electron chi connectivity index (χ0n) is 16.5. The number of methoxy groups -OCH3 is 1. The van der Waals surface area contributed by atoms with Crippen LogP contribution < -0.4 is 4.74 Å². The lowest BCUT2D eigenvalue weighted by molar-refractivity contribution is -0.163. The predicted molar refractivity (Wildman–Crippen MR) is 114 cm³/mol. The summed E-state index contributed by atoms with van der Waals surface area (Å²) < 4.78 is 12.3. The molecular formula is C24H18BrNO5. The lowest BCUT2D eigenvalue weighted by Crippen LogP contribution is -2.51. The van der Waals surface area contributed by atoms with Crippen molar-refractivity contribution < 1.29 is 24.2 Å². The highest BCUT2D eigenvalue weighted by atomic mass is 79.9. The number of aromatic nitrogens is 1. The molecule has 31 heavy (non-hydrogen) atoms. The van der Waals surface area contributed by atoms with E-state index >= 15 is 0 Å². The fourth-order valence-corrected chi connectivity index (χ4v) is 5.19. The highest BCUT2D eigenvalue weighted by Gasteiger charge is 2.76. The molecule has 1 unspecified atom stereocenters. The van der Waals surface area contributed by atoms with Crippen LogP contribution in [0.3, 0.4) is 0 Å². The van der Waals surface area contributed by atoms with Crippen molar-refractivity contribution in [2.24, 2.45) is 5.92 Å². The van der Waals surface area contributed by atoms with Crippen molar-refractivity contribution >= 4 is 27.7 Å². The molecular weight excluding hydrogens is 462 g/mol. The molecule has 0 spiro atoms. The SMILES string of the molecule is COC(=O)[C@@H]1C(c2ccccc2)[C@@]2(c3ccc(Br)cc3)Oc3cccnc3[C@@]1(O)C2=O. The summed E-state index contributed by atoms with van der Waals surface area (Å²) in [5, 5.41) is 11.9. The van der Waals surface area contributed by atoms with Gasteiger partial charge in [0.1, 0.15) is 17.4 Å². The second kappa shape index (κ2) is 7.00. The molecule has 6 nitrogen and oxygen atoms in total. The summed E-state index contributed by atoms with van der Waals surface area (Å²) in [4.78, 5) is 31.4. The zero-order chi connectivity index (χ0) is 21.8. The molecule has 1 fully saturated rings. The van der Waals surface area contributed by atoms with Gasteiger partial charge >= 0.3 is 5.97 Å². The van der Waals surface area contributed by atoms with Gasteiger partial charge in [0, 0.05) is 16.2 Å². The third kappa shape index (κ3) is 2.56. The number of Topliss-reactive ketones (excluding diaryl/α,β-unsaturated/α-hetero) is 1. The fourth-order valence-electron chi connectivity index (χ4n) is 4.93. The standard InChI is InChI=1S/C24H18BrNO5/c1-30-21(27)19-18(14-6-3-2-4-7-14)24(15-9-11-16(25)12-10-15)22(28)23(19,29)20-17(31-24)8-5-13-26-20/h2-13,18-19,29H,1H3/t18?,19-,23+,24+/m0/s1. The lowest BCUT2D eigenvalue weighted by Gasteiger charge is -2.38. The number of carbonyl (C=O) groups is 2. The van der Waals surface area contributed by atoms with Gasteiger partial charge in [-0.15, -0.1) is 0 Å². The summed E-state index contributed by atoms with van der Waals surface area (Å²) in [5.74, 6) is -3.15. The quantitative estimate of drug-likeness (QED) is 0.578. The predicted octanol–water partition coefficient (Wildman–Crippen LogP) is 3.48. The molecule has 3 aromatic rings. The molecule has 0 radical (unpaired) electrons. The van der Waals surface area contributed by atoms with Crippen LogP contribution in [0.25, 0.3) is 0 Å². The number of carbonyl (C=O) groups excluding carboxylic acids is 2. The van der Waals surface area contributed by atoms with Crippen LogP contribution in [-0.4, -0.2) is 29.0 Å². The second-order valence-electron chi connectivity index (χ2n) is 7.68. The Balaban J connectivity index is 1.89. The molecule has 0 amide bonds. The minimum absolute atomic E-state index is 0.0292. The van der Waals surface area contributed by atoms with E-state index in [1.807, 2.05) is 30.3 Å². The topological polar surface area (TPSA) is 85.7 Å². The number of nitrogens with zero attached hydrogens (tertiary/aromatic N) is 1. The summed E-state index contributed by atoms with van der Waals surface area (Å²) in [6.07, 6.45) is 1.46. The van der Waals surface area contributed by atoms with Crippen molar-refractivity contribution in [3.8, 4) is 5.75 Å². The monoisotopic (exact) mass is 479 g/mol. The number of ether oxygens (including phenoxy) is 2. The summed E-state index contributed by atoms with van der Waals surface area (Å²) in [6.45, 7) is 0. The summed E-state index contributed by atoms with van der Waals surface area (Å²) in [6, 6.07) is 19.6. The first-order chi connectivity index (χ1) is 14.9. The first kappa shape index (κ1) is 19.9. The van der Waals surface area contributed by atoms with Gasteiger partial charge < -0.3 is 14.6 Å². The average Bonchev–Trinajstić information content (AvgIpc) is 2.93. The van der Waals surface area contributed by atoms with Crippen LogP contribution in [0, 0.1) is 5.92 Å². The minimum Gasteiger partial charge on any atom is -0.472 e. The van der Waals surface area contributed by atoms with Crippen LogP contribution in [0.5, 0.6) is 5.75 Å². The molecule has 5 rings (SSSR count). The maximum absolute atomic E-state index is 14.1. The van der Waals surface area contributed by atoms with E-state index in [2.05, 4.69) is 20.9 Å². The van der Waals surface area contributed by atoms with Crippen LogP contribution >= 0.6 is 15.9 Å². The molecule has 1 aromatic heterocycles. The smallest absolute Gasteiger partial charge is 0.313 e. The normalized spacial score (nSPS) is 28.5. The molecule has 4 atom stereocenters. The van der Waals surface area contributed by atoms with Gasteiger partial charge in [0.05, 0.1) is 13.0 Å². The van der Waals surface area contributed by atoms with Crippen molar-refractivity contribution in [2.75, 3.05) is 7.11 Å². The van der Waals surface area contributed by atoms with E-state index < -0.39 is 34.8 Å². The minimum atomic E-state index is -2.20. The summed E-state index contributed by atoms with van der Waals surface area (Å²) >= 11 is 3.42. The molecule has 2 aliphatic rings. The fraction of sp³-hybridized carbons (Fsp3) is 0.208. The van der Waals surface area contributed by atoms with Crippen molar-refractivity contribution in [3.05, 3.63) is 94.2 Å². The largest absolute Gasteiger partial charge is 0.472 e. The van der Waals surface area contributed by atoms with Crippen molar-refractivity contribution in [1.29, 1.82) is 0 Å². The Labute approximate surface area is 187 Å². The Morgan fingerprint density at radius 1 is 1.10 bits per heavy atom. The van der Waals surface area contributed by atoms with Gasteiger partial charge in [-0.3, -0.25) is 14.6 Å². The number of aliphatic hydroxyl groups is 1. The molecule has 1 aliphatic carbocycles.